The molecule has 1 aromatic heterocycles. The minimum atomic E-state index is 0.285. The molecule has 0 unspecified atom stereocenters. The van der Waals surface area contributed by atoms with E-state index >= 15 is 0 Å². The lowest BCUT2D eigenvalue weighted by atomic mass is 9.73. The lowest BCUT2D eigenvalue weighted by Gasteiger charge is -2.40. The Balaban J connectivity index is 1.53. The van der Waals surface area contributed by atoms with Crippen molar-refractivity contribution in [3.8, 4) is 0 Å². The summed E-state index contributed by atoms with van der Waals surface area (Å²) in [5, 5.41) is 4.46. The van der Waals surface area contributed by atoms with Gasteiger partial charge >= 0.3 is 0 Å². The number of aryl methyl sites for hydroxylation is 1. The Morgan fingerprint density at radius 2 is 2.09 bits per heavy atom. The van der Waals surface area contributed by atoms with Gasteiger partial charge in [0.25, 0.3) is 0 Å². The molecule has 0 radical (unpaired) electrons. The number of hydrogen-bond donors (Lipinski definition) is 0. The van der Waals surface area contributed by atoms with Gasteiger partial charge in [0.1, 0.15) is 0 Å². The minimum Gasteiger partial charge on any atom is -0.377 e. The third-order valence-corrected chi connectivity index (χ3v) is 6.52. The molecular weight excluding hydrogens is 302 g/mol. The van der Waals surface area contributed by atoms with E-state index < -0.39 is 0 Å². The summed E-state index contributed by atoms with van der Waals surface area (Å²) >= 11 is 1.80. The van der Waals surface area contributed by atoms with E-state index in [0.717, 1.165) is 13.0 Å². The molecule has 2 aromatic rings. The monoisotopic (exact) mass is 327 g/mol. The van der Waals surface area contributed by atoms with Crippen molar-refractivity contribution < 1.29 is 4.74 Å². The van der Waals surface area contributed by atoms with Gasteiger partial charge in [-0.1, -0.05) is 23.8 Å². The highest BCUT2D eigenvalue weighted by molar-refractivity contribution is 7.07. The Morgan fingerprint density at radius 1 is 1.26 bits per heavy atom. The summed E-state index contributed by atoms with van der Waals surface area (Å²) in [7, 11) is 1.86. The van der Waals surface area contributed by atoms with Gasteiger partial charge in [0, 0.05) is 19.1 Å². The molecule has 23 heavy (non-hydrogen) atoms. The second-order valence-electron chi connectivity index (χ2n) is 7.21. The molecule has 1 saturated heterocycles. The first-order chi connectivity index (χ1) is 11.2. The normalized spacial score (nSPS) is 23.3. The van der Waals surface area contributed by atoms with Crippen LogP contribution < -0.4 is 0 Å². The van der Waals surface area contributed by atoms with E-state index in [-0.39, 0.29) is 6.10 Å². The van der Waals surface area contributed by atoms with Crippen LogP contribution in [0, 0.1) is 6.92 Å². The maximum atomic E-state index is 5.82. The van der Waals surface area contributed by atoms with Gasteiger partial charge in [-0.15, -0.1) is 0 Å². The highest BCUT2D eigenvalue weighted by Crippen LogP contribution is 2.52. The average Bonchev–Trinajstić information content (AvgIpc) is 3.16. The van der Waals surface area contributed by atoms with Crippen LogP contribution >= 0.6 is 11.3 Å². The number of hydrogen-bond acceptors (Lipinski definition) is 3. The van der Waals surface area contributed by atoms with Crippen LogP contribution in [-0.2, 0) is 16.7 Å². The van der Waals surface area contributed by atoms with E-state index in [1.165, 1.54) is 42.6 Å². The molecule has 1 spiro atoms. The van der Waals surface area contributed by atoms with Gasteiger partial charge in [-0.25, -0.2) is 0 Å². The molecule has 1 aliphatic carbocycles. The summed E-state index contributed by atoms with van der Waals surface area (Å²) in [5.41, 5.74) is 6.15. The number of benzene rings is 1. The van der Waals surface area contributed by atoms with Gasteiger partial charge in [-0.2, -0.15) is 11.3 Å². The van der Waals surface area contributed by atoms with Crippen LogP contribution in [-0.4, -0.2) is 25.1 Å². The fraction of sp³-hybridized carbons (Fsp3) is 0.500. The predicted molar refractivity (Wildman–Crippen MR) is 96.1 cm³/mol. The van der Waals surface area contributed by atoms with Crippen molar-refractivity contribution in [2.24, 2.45) is 0 Å². The van der Waals surface area contributed by atoms with Crippen LogP contribution in [0.5, 0.6) is 0 Å². The van der Waals surface area contributed by atoms with Crippen molar-refractivity contribution >= 4 is 11.3 Å². The minimum absolute atomic E-state index is 0.285. The van der Waals surface area contributed by atoms with Crippen LogP contribution in [0.25, 0.3) is 0 Å². The number of rotatable bonds is 3. The standard InChI is InChI=1S/C20H25NOS/c1-15-3-4-18-17(11-15)19(22-2)12-20(18)6-8-21(9-7-20)13-16-5-10-23-14-16/h3-5,10-11,14,19H,6-9,12-13H2,1-2H3/t19-/m0/s1. The molecule has 1 aromatic carbocycles. The molecule has 3 heteroatoms. The quantitative estimate of drug-likeness (QED) is 0.811. The van der Waals surface area contributed by atoms with Crippen molar-refractivity contribution in [1.29, 1.82) is 0 Å². The van der Waals surface area contributed by atoms with Gasteiger partial charge < -0.3 is 4.74 Å². The third-order valence-electron chi connectivity index (χ3n) is 5.79. The summed E-state index contributed by atoms with van der Waals surface area (Å²) < 4.78 is 5.82. The van der Waals surface area contributed by atoms with Crippen LogP contribution in [0.2, 0.25) is 0 Å². The molecule has 2 nitrogen and oxygen atoms in total. The van der Waals surface area contributed by atoms with E-state index in [4.69, 9.17) is 4.74 Å². The average molecular weight is 327 g/mol. The molecule has 0 bridgehead atoms. The number of likely N-dealkylation sites (tertiary alicyclic amines) is 1. The summed E-state index contributed by atoms with van der Waals surface area (Å²) in [6.45, 7) is 5.68. The van der Waals surface area contributed by atoms with Crippen LogP contribution in [0.4, 0.5) is 0 Å². The number of methoxy groups -OCH3 is 1. The molecular formula is C20H25NOS. The zero-order chi connectivity index (χ0) is 15.9. The zero-order valence-electron chi connectivity index (χ0n) is 14.0. The molecule has 0 amide bonds. The molecule has 0 N–H and O–H groups in total. The third kappa shape index (κ3) is 2.75. The van der Waals surface area contributed by atoms with E-state index in [1.807, 2.05) is 7.11 Å². The second kappa shape index (κ2) is 6.04. The number of nitrogens with zero attached hydrogens (tertiary/aromatic N) is 1. The molecule has 0 saturated carbocycles. The lowest BCUT2D eigenvalue weighted by Crippen LogP contribution is -2.41. The number of thiophene rings is 1. The predicted octanol–water partition coefficient (Wildman–Crippen LogP) is 4.68. The van der Waals surface area contributed by atoms with Gasteiger partial charge in [0.15, 0.2) is 0 Å². The summed E-state index contributed by atoms with van der Waals surface area (Å²) in [5.74, 6) is 0. The van der Waals surface area contributed by atoms with Crippen LogP contribution in [0.15, 0.2) is 35.0 Å². The maximum absolute atomic E-state index is 5.82. The Bertz CT molecular complexity index is 671. The first-order valence-corrected chi connectivity index (χ1v) is 9.52. The highest BCUT2D eigenvalue weighted by atomic mass is 32.1. The molecule has 1 fully saturated rings. The van der Waals surface area contributed by atoms with Gasteiger partial charge in [-0.05, 0) is 72.8 Å². The fourth-order valence-electron chi connectivity index (χ4n) is 4.47. The van der Waals surface area contributed by atoms with E-state index in [9.17, 15) is 0 Å². The van der Waals surface area contributed by atoms with Gasteiger partial charge in [-0.3, -0.25) is 4.90 Å². The number of piperidine rings is 1. The smallest absolute Gasteiger partial charge is 0.0832 e. The molecule has 2 heterocycles. The molecule has 1 atom stereocenters. The van der Waals surface area contributed by atoms with Crippen LogP contribution in [0.1, 0.15) is 47.6 Å². The van der Waals surface area contributed by atoms with Crippen molar-refractivity contribution in [3.05, 3.63) is 57.3 Å². The summed E-state index contributed by atoms with van der Waals surface area (Å²) in [6.07, 6.45) is 3.96. The van der Waals surface area contributed by atoms with Gasteiger partial charge in [0.2, 0.25) is 0 Å². The van der Waals surface area contributed by atoms with E-state index in [0.29, 0.717) is 5.41 Å². The highest BCUT2D eigenvalue weighted by Gasteiger charge is 2.45. The van der Waals surface area contributed by atoms with Gasteiger partial charge in [0.05, 0.1) is 6.10 Å². The SMILES string of the molecule is CO[C@H]1CC2(CCN(Cc3ccsc3)CC2)c2ccc(C)cc21. The summed E-state index contributed by atoms with van der Waals surface area (Å²) in [6, 6.07) is 9.24. The Labute approximate surface area is 143 Å². The largest absolute Gasteiger partial charge is 0.377 e. The van der Waals surface area contributed by atoms with E-state index in [2.05, 4.69) is 46.8 Å². The van der Waals surface area contributed by atoms with Crippen molar-refractivity contribution in [3.63, 3.8) is 0 Å². The Hall–Kier alpha value is -1.16. The first kappa shape index (κ1) is 15.4. The van der Waals surface area contributed by atoms with E-state index in [1.54, 1.807) is 16.9 Å². The second-order valence-corrected chi connectivity index (χ2v) is 7.99. The van der Waals surface area contributed by atoms with Crippen molar-refractivity contribution in [1.82, 2.24) is 4.90 Å². The number of fused-ring (bicyclic) bond motifs is 2. The first-order valence-electron chi connectivity index (χ1n) is 8.57. The molecule has 4 rings (SSSR count). The van der Waals surface area contributed by atoms with Crippen molar-refractivity contribution in [2.45, 2.75) is 44.2 Å². The van der Waals surface area contributed by atoms with Crippen molar-refractivity contribution in [2.75, 3.05) is 20.2 Å². The zero-order valence-corrected chi connectivity index (χ0v) is 14.9. The molecule has 2 aliphatic rings. The Morgan fingerprint density at radius 3 is 2.78 bits per heavy atom. The number of ether oxygens (including phenoxy) is 1. The Kier molecular flexibility index (Phi) is 4.04. The summed E-state index contributed by atoms with van der Waals surface area (Å²) in [4.78, 5) is 2.61. The molecule has 1 aliphatic heterocycles. The fourth-order valence-corrected chi connectivity index (χ4v) is 5.13. The molecule has 122 valence electrons. The lowest BCUT2D eigenvalue weighted by molar-refractivity contribution is 0.0687. The van der Waals surface area contributed by atoms with Crippen LogP contribution in [0.3, 0.4) is 0 Å². The topological polar surface area (TPSA) is 12.5 Å². The maximum Gasteiger partial charge on any atom is 0.0832 e.